The van der Waals surface area contributed by atoms with Gasteiger partial charge in [0.25, 0.3) is 0 Å². The van der Waals surface area contributed by atoms with Crippen molar-refractivity contribution in [1.29, 1.82) is 0 Å². The second kappa shape index (κ2) is 7.51. The summed E-state index contributed by atoms with van der Waals surface area (Å²) in [6.07, 6.45) is 2.62. The van der Waals surface area contributed by atoms with Gasteiger partial charge < -0.3 is 10.1 Å². The average Bonchev–Trinajstić information content (AvgIpc) is 2.43. The van der Waals surface area contributed by atoms with E-state index in [4.69, 9.17) is 4.74 Å². The van der Waals surface area contributed by atoms with Crippen LogP contribution < -0.4 is 10.1 Å². The summed E-state index contributed by atoms with van der Waals surface area (Å²) in [5.74, 6) is 1.88. The van der Waals surface area contributed by atoms with Gasteiger partial charge in [-0.3, -0.25) is 4.90 Å². The quantitative estimate of drug-likeness (QED) is 0.851. The molecular formula is C16H26N2O. The second-order valence-electron chi connectivity index (χ2n) is 5.46. The van der Waals surface area contributed by atoms with Gasteiger partial charge in [-0.2, -0.15) is 0 Å². The molecule has 1 aromatic carbocycles. The predicted molar refractivity (Wildman–Crippen MR) is 79.8 cm³/mol. The number of likely N-dealkylation sites (tertiary alicyclic amines) is 1. The van der Waals surface area contributed by atoms with E-state index in [0.717, 1.165) is 31.4 Å². The fraction of sp³-hybridized carbons (Fsp3) is 0.625. The molecule has 0 unspecified atom stereocenters. The van der Waals surface area contributed by atoms with Gasteiger partial charge in [0.15, 0.2) is 0 Å². The van der Waals surface area contributed by atoms with E-state index in [2.05, 4.69) is 35.3 Å². The summed E-state index contributed by atoms with van der Waals surface area (Å²) in [6.45, 7) is 7.52. The van der Waals surface area contributed by atoms with Crippen LogP contribution in [0.15, 0.2) is 24.3 Å². The molecule has 1 fully saturated rings. The maximum absolute atomic E-state index is 5.86. The molecule has 0 spiro atoms. The summed E-state index contributed by atoms with van der Waals surface area (Å²) < 4.78 is 5.86. The molecule has 3 nitrogen and oxygen atoms in total. The van der Waals surface area contributed by atoms with Crippen LogP contribution >= 0.6 is 0 Å². The number of hydrogen-bond donors (Lipinski definition) is 1. The highest BCUT2D eigenvalue weighted by atomic mass is 16.5. The lowest BCUT2D eigenvalue weighted by Crippen LogP contribution is -2.38. The number of hydrogen-bond acceptors (Lipinski definition) is 3. The molecule has 0 amide bonds. The zero-order valence-corrected chi connectivity index (χ0v) is 12.2. The molecule has 106 valence electrons. The Morgan fingerprint density at radius 3 is 2.68 bits per heavy atom. The number of piperidine rings is 1. The van der Waals surface area contributed by atoms with Crippen LogP contribution in [-0.2, 0) is 0 Å². The van der Waals surface area contributed by atoms with Crippen LogP contribution in [0, 0.1) is 12.8 Å². The van der Waals surface area contributed by atoms with E-state index >= 15 is 0 Å². The lowest BCUT2D eigenvalue weighted by atomic mass is 9.97. The third kappa shape index (κ3) is 4.51. The van der Waals surface area contributed by atoms with Crippen LogP contribution in [0.25, 0.3) is 0 Å². The van der Waals surface area contributed by atoms with E-state index in [1.165, 1.54) is 31.5 Å². The van der Waals surface area contributed by atoms with Gasteiger partial charge in [-0.1, -0.05) is 18.2 Å². The van der Waals surface area contributed by atoms with Crippen molar-refractivity contribution in [3.05, 3.63) is 29.8 Å². The summed E-state index contributed by atoms with van der Waals surface area (Å²) in [5, 5.41) is 3.28. The third-order valence-corrected chi connectivity index (χ3v) is 3.96. The summed E-state index contributed by atoms with van der Waals surface area (Å²) in [4.78, 5) is 2.52. The lowest BCUT2D eigenvalue weighted by Gasteiger charge is -2.31. The van der Waals surface area contributed by atoms with Crippen LogP contribution in [0.2, 0.25) is 0 Å². The third-order valence-electron chi connectivity index (χ3n) is 3.96. The zero-order valence-electron chi connectivity index (χ0n) is 12.2. The highest BCUT2D eigenvalue weighted by Crippen LogP contribution is 2.18. The van der Waals surface area contributed by atoms with Crippen molar-refractivity contribution >= 4 is 0 Å². The van der Waals surface area contributed by atoms with Crippen molar-refractivity contribution < 1.29 is 4.74 Å². The molecule has 0 aliphatic carbocycles. The van der Waals surface area contributed by atoms with Crippen molar-refractivity contribution in [3.63, 3.8) is 0 Å². The SMILES string of the molecule is CNCC1CCN(CCOc2ccccc2C)CC1. The molecule has 0 bridgehead atoms. The van der Waals surface area contributed by atoms with Crippen molar-refractivity contribution in [1.82, 2.24) is 10.2 Å². The number of nitrogens with zero attached hydrogens (tertiary/aromatic N) is 1. The topological polar surface area (TPSA) is 24.5 Å². The number of ether oxygens (including phenoxy) is 1. The minimum Gasteiger partial charge on any atom is -0.492 e. The second-order valence-corrected chi connectivity index (χ2v) is 5.46. The van der Waals surface area contributed by atoms with Crippen LogP contribution in [0.4, 0.5) is 0 Å². The summed E-state index contributed by atoms with van der Waals surface area (Å²) >= 11 is 0. The summed E-state index contributed by atoms with van der Waals surface area (Å²) in [6, 6.07) is 8.23. The largest absolute Gasteiger partial charge is 0.492 e. The van der Waals surface area contributed by atoms with Crippen LogP contribution in [0.3, 0.4) is 0 Å². The van der Waals surface area contributed by atoms with Gasteiger partial charge in [-0.15, -0.1) is 0 Å². The summed E-state index contributed by atoms with van der Waals surface area (Å²) in [7, 11) is 2.04. The molecule has 0 atom stereocenters. The molecule has 1 aliphatic heterocycles. The molecule has 19 heavy (non-hydrogen) atoms. The molecule has 0 aromatic heterocycles. The van der Waals surface area contributed by atoms with Gasteiger partial charge in [-0.05, 0) is 64.0 Å². The van der Waals surface area contributed by atoms with Gasteiger partial charge >= 0.3 is 0 Å². The van der Waals surface area contributed by atoms with Gasteiger partial charge in [0.1, 0.15) is 12.4 Å². The first kappa shape index (κ1) is 14.4. The van der Waals surface area contributed by atoms with E-state index in [0.29, 0.717) is 0 Å². The first-order valence-electron chi connectivity index (χ1n) is 7.35. The lowest BCUT2D eigenvalue weighted by molar-refractivity contribution is 0.154. The number of benzene rings is 1. The zero-order chi connectivity index (χ0) is 13.5. The van der Waals surface area contributed by atoms with Crippen molar-refractivity contribution in [3.8, 4) is 5.75 Å². The average molecular weight is 262 g/mol. The van der Waals surface area contributed by atoms with Crippen LogP contribution in [-0.4, -0.2) is 44.7 Å². The highest BCUT2D eigenvalue weighted by molar-refractivity contribution is 5.31. The van der Waals surface area contributed by atoms with Crippen molar-refractivity contribution in [2.24, 2.45) is 5.92 Å². The van der Waals surface area contributed by atoms with E-state index in [-0.39, 0.29) is 0 Å². The van der Waals surface area contributed by atoms with Gasteiger partial charge in [0, 0.05) is 6.54 Å². The molecule has 2 rings (SSSR count). The molecule has 1 aromatic rings. The van der Waals surface area contributed by atoms with Crippen molar-refractivity contribution in [2.75, 3.05) is 39.8 Å². The standard InChI is InChI=1S/C16H26N2O/c1-14-5-3-4-6-16(14)19-12-11-18-9-7-15(8-10-18)13-17-2/h3-6,15,17H,7-13H2,1-2H3. The minimum atomic E-state index is 0.793. The Bertz CT molecular complexity index is 373. The first-order valence-corrected chi connectivity index (χ1v) is 7.35. The van der Waals surface area contributed by atoms with E-state index in [1.54, 1.807) is 0 Å². The first-order chi connectivity index (χ1) is 9.29. The molecular weight excluding hydrogens is 236 g/mol. The van der Waals surface area contributed by atoms with E-state index < -0.39 is 0 Å². The molecule has 1 saturated heterocycles. The van der Waals surface area contributed by atoms with E-state index in [1.807, 2.05) is 13.1 Å². The van der Waals surface area contributed by atoms with Gasteiger partial charge in [0.05, 0.1) is 0 Å². The Labute approximate surface area is 116 Å². The molecule has 1 aliphatic rings. The molecule has 0 radical (unpaired) electrons. The summed E-state index contributed by atoms with van der Waals surface area (Å²) in [5.41, 5.74) is 1.22. The molecule has 1 N–H and O–H groups in total. The molecule has 0 saturated carbocycles. The Balaban J connectivity index is 1.66. The number of para-hydroxylation sites is 1. The normalized spacial score (nSPS) is 17.6. The minimum absolute atomic E-state index is 0.793. The molecule has 1 heterocycles. The van der Waals surface area contributed by atoms with Gasteiger partial charge in [0.2, 0.25) is 0 Å². The Hall–Kier alpha value is -1.06. The van der Waals surface area contributed by atoms with Crippen molar-refractivity contribution in [2.45, 2.75) is 19.8 Å². The number of rotatable bonds is 6. The smallest absolute Gasteiger partial charge is 0.122 e. The fourth-order valence-corrected chi connectivity index (χ4v) is 2.71. The fourth-order valence-electron chi connectivity index (χ4n) is 2.71. The van der Waals surface area contributed by atoms with Crippen LogP contribution in [0.5, 0.6) is 5.75 Å². The molecule has 3 heteroatoms. The highest BCUT2D eigenvalue weighted by Gasteiger charge is 2.18. The van der Waals surface area contributed by atoms with E-state index in [9.17, 15) is 0 Å². The monoisotopic (exact) mass is 262 g/mol. The maximum atomic E-state index is 5.86. The Kier molecular flexibility index (Phi) is 5.67. The number of aryl methyl sites for hydroxylation is 1. The van der Waals surface area contributed by atoms with Gasteiger partial charge in [-0.25, -0.2) is 0 Å². The Morgan fingerprint density at radius 2 is 2.00 bits per heavy atom. The maximum Gasteiger partial charge on any atom is 0.122 e. The van der Waals surface area contributed by atoms with Crippen LogP contribution in [0.1, 0.15) is 18.4 Å². The predicted octanol–water partition coefficient (Wildman–Crippen LogP) is 2.31. The number of nitrogens with one attached hydrogen (secondary N) is 1. The Morgan fingerprint density at radius 1 is 1.26 bits per heavy atom.